The minimum atomic E-state index is -4.49. The van der Waals surface area contributed by atoms with Gasteiger partial charge in [-0.1, -0.05) is 12.1 Å². The van der Waals surface area contributed by atoms with E-state index >= 15 is 0 Å². The number of halogens is 3. The van der Waals surface area contributed by atoms with Crippen LogP contribution in [0.1, 0.15) is 6.42 Å². The third-order valence-corrected chi connectivity index (χ3v) is 3.10. The van der Waals surface area contributed by atoms with E-state index in [2.05, 4.69) is 11.7 Å². The number of pyridine rings is 1. The molecule has 2 aromatic heterocycles. The van der Waals surface area contributed by atoms with Crippen LogP contribution in [0.4, 0.5) is 13.2 Å². The lowest BCUT2D eigenvalue weighted by Gasteiger charge is -2.22. The van der Waals surface area contributed by atoms with Gasteiger partial charge < -0.3 is 4.90 Å². The largest absolute Gasteiger partial charge is 0.406 e. The van der Waals surface area contributed by atoms with Gasteiger partial charge in [-0.25, -0.2) is 9.48 Å². The van der Waals surface area contributed by atoms with Crippen LogP contribution in [0, 0.1) is 0 Å². The molecule has 0 spiro atoms. The summed E-state index contributed by atoms with van der Waals surface area (Å²) in [5, 5.41) is 4.02. The molecule has 0 atom stereocenters. The predicted molar refractivity (Wildman–Crippen MR) is 76.9 cm³/mol. The second-order valence-corrected chi connectivity index (χ2v) is 4.86. The Balaban J connectivity index is 2.08. The van der Waals surface area contributed by atoms with E-state index in [-0.39, 0.29) is 19.5 Å². The topological polar surface area (TPSA) is 59.6 Å². The Bertz CT molecular complexity index is 763. The molecule has 0 saturated heterocycles. The van der Waals surface area contributed by atoms with E-state index in [4.69, 9.17) is 0 Å². The Morgan fingerprint density at radius 2 is 2.13 bits per heavy atom. The van der Waals surface area contributed by atoms with Gasteiger partial charge in [-0.15, -0.1) is 11.7 Å². The first kappa shape index (κ1) is 16.8. The predicted octanol–water partition coefficient (Wildman–Crippen LogP) is 1.46. The van der Waals surface area contributed by atoms with E-state index in [1.54, 1.807) is 18.2 Å². The Labute approximate surface area is 129 Å². The number of hydrogen-bond acceptors (Lipinski definition) is 3. The summed E-state index contributed by atoms with van der Waals surface area (Å²) in [4.78, 5) is 24.6. The monoisotopic (exact) mass is 328 g/mol. The SMILES string of the molecule is C=CCN(CC(F)(F)F)C(=O)CCn1nc2ccccn2c1=O. The number of amides is 1. The molecule has 0 unspecified atom stereocenters. The highest BCUT2D eigenvalue weighted by molar-refractivity contribution is 5.76. The molecule has 0 bridgehead atoms. The average Bonchev–Trinajstić information content (AvgIpc) is 2.80. The van der Waals surface area contributed by atoms with Gasteiger partial charge in [0.05, 0.1) is 6.54 Å². The standard InChI is InChI=1S/C14H15F3N4O2/c1-2-7-19(10-14(15,16)17)12(22)6-9-21-13(23)20-8-4-3-5-11(20)18-21/h2-5,8H,1,6-7,9-10H2. The normalized spacial score (nSPS) is 11.6. The molecular weight excluding hydrogens is 313 g/mol. The first-order valence-electron chi connectivity index (χ1n) is 6.81. The number of aromatic nitrogens is 3. The van der Waals surface area contributed by atoms with Gasteiger partial charge in [0.15, 0.2) is 5.65 Å². The Hall–Kier alpha value is -2.58. The highest BCUT2D eigenvalue weighted by Crippen LogP contribution is 2.17. The molecule has 1 amide bonds. The van der Waals surface area contributed by atoms with Crippen LogP contribution in [0.25, 0.3) is 5.65 Å². The molecule has 124 valence electrons. The van der Waals surface area contributed by atoms with Gasteiger partial charge in [-0.2, -0.15) is 13.2 Å². The third kappa shape index (κ3) is 4.21. The average molecular weight is 328 g/mol. The number of carbonyl (C=O) groups is 1. The van der Waals surface area contributed by atoms with E-state index in [0.717, 1.165) is 4.68 Å². The van der Waals surface area contributed by atoms with Crippen molar-refractivity contribution >= 4 is 11.6 Å². The molecule has 2 heterocycles. The summed E-state index contributed by atoms with van der Waals surface area (Å²) in [6.45, 7) is 1.69. The van der Waals surface area contributed by atoms with E-state index in [1.807, 2.05) is 0 Å². The molecule has 2 aromatic rings. The molecule has 0 aliphatic heterocycles. The van der Waals surface area contributed by atoms with Crippen molar-refractivity contribution in [1.29, 1.82) is 0 Å². The summed E-state index contributed by atoms with van der Waals surface area (Å²) < 4.78 is 39.7. The van der Waals surface area contributed by atoms with Crippen LogP contribution in [-0.4, -0.2) is 44.3 Å². The van der Waals surface area contributed by atoms with Crippen molar-refractivity contribution in [2.75, 3.05) is 13.1 Å². The molecule has 0 aromatic carbocycles. The molecule has 9 heteroatoms. The summed E-state index contributed by atoms with van der Waals surface area (Å²) in [5.41, 5.74) is -0.0392. The second-order valence-electron chi connectivity index (χ2n) is 4.86. The molecule has 0 radical (unpaired) electrons. The number of fused-ring (bicyclic) bond motifs is 1. The molecule has 6 nitrogen and oxygen atoms in total. The minimum absolute atomic E-state index is 0.0924. The van der Waals surface area contributed by atoms with Gasteiger partial charge in [-0.3, -0.25) is 9.20 Å². The fraction of sp³-hybridized carbons (Fsp3) is 0.357. The zero-order valence-electron chi connectivity index (χ0n) is 12.2. The number of rotatable bonds is 6. The van der Waals surface area contributed by atoms with Gasteiger partial charge in [0.1, 0.15) is 6.54 Å². The van der Waals surface area contributed by atoms with E-state index in [1.165, 1.54) is 16.7 Å². The molecule has 0 fully saturated rings. The van der Waals surface area contributed by atoms with Crippen molar-refractivity contribution in [1.82, 2.24) is 19.1 Å². The lowest BCUT2D eigenvalue weighted by Crippen LogP contribution is -2.39. The van der Waals surface area contributed by atoms with Crippen LogP contribution < -0.4 is 5.69 Å². The van der Waals surface area contributed by atoms with Crippen LogP contribution in [0.3, 0.4) is 0 Å². The summed E-state index contributed by atoms with van der Waals surface area (Å²) in [7, 11) is 0. The van der Waals surface area contributed by atoms with Gasteiger partial charge in [0, 0.05) is 19.2 Å². The van der Waals surface area contributed by atoms with Crippen LogP contribution in [0.2, 0.25) is 0 Å². The summed E-state index contributed by atoms with van der Waals surface area (Å²) in [6.07, 6.45) is -2.00. The van der Waals surface area contributed by atoms with Crippen LogP contribution >= 0.6 is 0 Å². The molecule has 0 N–H and O–H groups in total. The van der Waals surface area contributed by atoms with Gasteiger partial charge >= 0.3 is 11.9 Å². The van der Waals surface area contributed by atoms with E-state index < -0.39 is 24.3 Å². The molecule has 0 aliphatic rings. The van der Waals surface area contributed by atoms with Gasteiger partial charge in [-0.05, 0) is 12.1 Å². The molecule has 2 rings (SSSR count). The van der Waals surface area contributed by atoms with Crippen molar-refractivity contribution in [2.24, 2.45) is 0 Å². The zero-order chi connectivity index (χ0) is 17.0. The number of aryl methyl sites for hydroxylation is 1. The minimum Gasteiger partial charge on any atom is -0.330 e. The quantitative estimate of drug-likeness (QED) is 0.755. The van der Waals surface area contributed by atoms with E-state index in [0.29, 0.717) is 10.5 Å². The number of hydrogen-bond donors (Lipinski definition) is 0. The van der Waals surface area contributed by atoms with Crippen molar-refractivity contribution in [3.63, 3.8) is 0 Å². The molecule has 23 heavy (non-hydrogen) atoms. The van der Waals surface area contributed by atoms with Crippen molar-refractivity contribution in [3.05, 3.63) is 47.5 Å². The van der Waals surface area contributed by atoms with Crippen LogP contribution in [0.5, 0.6) is 0 Å². The Morgan fingerprint density at radius 3 is 2.74 bits per heavy atom. The lowest BCUT2D eigenvalue weighted by atomic mass is 10.3. The fourth-order valence-corrected chi connectivity index (χ4v) is 2.10. The first-order valence-corrected chi connectivity index (χ1v) is 6.81. The zero-order valence-corrected chi connectivity index (χ0v) is 12.2. The summed E-state index contributed by atoms with van der Waals surface area (Å²) in [5.74, 6) is -0.716. The summed E-state index contributed by atoms with van der Waals surface area (Å²) in [6, 6.07) is 4.97. The summed E-state index contributed by atoms with van der Waals surface area (Å²) >= 11 is 0. The molecular formula is C14H15F3N4O2. The maximum atomic E-state index is 12.5. The molecule has 0 aliphatic carbocycles. The number of nitrogens with zero attached hydrogens (tertiary/aromatic N) is 4. The Kier molecular flexibility index (Phi) is 4.87. The van der Waals surface area contributed by atoms with Crippen molar-refractivity contribution in [2.45, 2.75) is 19.1 Å². The lowest BCUT2D eigenvalue weighted by molar-refractivity contribution is -0.160. The number of carbonyl (C=O) groups excluding carboxylic acids is 1. The van der Waals surface area contributed by atoms with Crippen molar-refractivity contribution in [3.8, 4) is 0 Å². The van der Waals surface area contributed by atoms with Gasteiger partial charge in [0.2, 0.25) is 5.91 Å². The first-order chi connectivity index (χ1) is 10.8. The Morgan fingerprint density at radius 1 is 1.39 bits per heavy atom. The van der Waals surface area contributed by atoms with Crippen molar-refractivity contribution < 1.29 is 18.0 Å². The van der Waals surface area contributed by atoms with Gasteiger partial charge in [0.25, 0.3) is 0 Å². The van der Waals surface area contributed by atoms with Crippen LogP contribution in [0.15, 0.2) is 41.8 Å². The number of alkyl halides is 3. The maximum absolute atomic E-state index is 12.5. The molecule has 0 saturated carbocycles. The third-order valence-electron chi connectivity index (χ3n) is 3.10. The highest BCUT2D eigenvalue weighted by atomic mass is 19.4. The second kappa shape index (κ2) is 6.67. The van der Waals surface area contributed by atoms with Crippen LogP contribution in [-0.2, 0) is 11.3 Å². The van der Waals surface area contributed by atoms with E-state index in [9.17, 15) is 22.8 Å². The highest BCUT2D eigenvalue weighted by Gasteiger charge is 2.32. The maximum Gasteiger partial charge on any atom is 0.406 e. The smallest absolute Gasteiger partial charge is 0.330 e. The fourth-order valence-electron chi connectivity index (χ4n) is 2.10.